The van der Waals surface area contributed by atoms with E-state index in [2.05, 4.69) is 10.6 Å². The van der Waals surface area contributed by atoms with Gasteiger partial charge in [0.25, 0.3) is 11.8 Å². The second kappa shape index (κ2) is 11.2. The molecule has 5 heteroatoms. The molecule has 0 aliphatic carbocycles. The van der Waals surface area contributed by atoms with E-state index < -0.39 is 5.91 Å². The number of benzene rings is 4. The van der Waals surface area contributed by atoms with E-state index in [1.54, 1.807) is 42.1 Å². The van der Waals surface area contributed by atoms with Gasteiger partial charge in [-0.15, -0.1) is 11.8 Å². The van der Waals surface area contributed by atoms with Crippen LogP contribution >= 0.6 is 11.8 Å². The van der Waals surface area contributed by atoms with Crippen LogP contribution in [0.5, 0.6) is 0 Å². The van der Waals surface area contributed by atoms with Crippen LogP contribution in [0.25, 0.3) is 17.2 Å². The van der Waals surface area contributed by atoms with E-state index in [1.165, 1.54) is 0 Å². The quantitative estimate of drug-likeness (QED) is 0.243. The van der Waals surface area contributed by atoms with Crippen molar-refractivity contribution in [3.05, 3.63) is 126 Å². The van der Waals surface area contributed by atoms with Crippen LogP contribution in [0.1, 0.15) is 15.9 Å². The standard InChI is InChI=1S/C29H24N2O2S/c1-34-26-14-8-13-25(20-26)30-29(33)27(31-28(32)24-11-6-3-7-12-24)19-21-15-17-23(18-16-21)22-9-4-2-5-10-22/h2-20H,1H3,(H,30,33)(H,31,32)/b27-19+. The van der Waals surface area contributed by atoms with Gasteiger partial charge in [0.05, 0.1) is 0 Å². The molecule has 4 rings (SSSR count). The van der Waals surface area contributed by atoms with Gasteiger partial charge in [0.2, 0.25) is 0 Å². The first-order chi connectivity index (χ1) is 16.6. The maximum absolute atomic E-state index is 13.2. The van der Waals surface area contributed by atoms with Gasteiger partial charge in [-0.05, 0) is 59.4 Å². The van der Waals surface area contributed by atoms with E-state index in [9.17, 15) is 9.59 Å². The fourth-order valence-electron chi connectivity index (χ4n) is 3.41. The average molecular weight is 465 g/mol. The van der Waals surface area contributed by atoms with E-state index >= 15 is 0 Å². The van der Waals surface area contributed by atoms with Gasteiger partial charge in [-0.2, -0.15) is 0 Å². The zero-order valence-corrected chi connectivity index (χ0v) is 19.5. The van der Waals surface area contributed by atoms with Crippen LogP contribution < -0.4 is 10.6 Å². The van der Waals surface area contributed by atoms with Gasteiger partial charge in [0.1, 0.15) is 5.70 Å². The normalized spacial score (nSPS) is 11.0. The molecule has 2 amide bonds. The molecule has 168 valence electrons. The number of thioether (sulfide) groups is 1. The van der Waals surface area contributed by atoms with E-state index in [0.29, 0.717) is 11.3 Å². The molecule has 0 atom stereocenters. The van der Waals surface area contributed by atoms with Gasteiger partial charge in [-0.3, -0.25) is 9.59 Å². The molecular formula is C29H24N2O2S. The molecule has 0 aliphatic heterocycles. The fourth-order valence-corrected chi connectivity index (χ4v) is 3.87. The number of hydrogen-bond acceptors (Lipinski definition) is 3. The molecule has 0 fully saturated rings. The highest BCUT2D eigenvalue weighted by Gasteiger charge is 2.15. The number of carbonyl (C=O) groups excluding carboxylic acids is 2. The summed E-state index contributed by atoms with van der Waals surface area (Å²) in [5.74, 6) is -0.740. The zero-order chi connectivity index (χ0) is 23.8. The summed E-state index contributed by atoms with van der Waals surface area (Å²) in [6, 6.07) is 34.3. The monoisotopic (exact) mass is 464 g/mol. The summed E-state index contributed by atoms with van der Waals surface area (Å²) < 4.78 is 0. The van der Waals surface area contributed by atoms with Crippen LogP contribution in [0.2, 0.25) is 0 Å². The lowest BCUT2D eigenvalue weighted by atomic mass is 10.0. The number of hydrogen-bond donors (Lipinski definition) is 2. The van der Waals surface area contributed by atoms with Gasteiger partial charge >= 0.3 is 0 Å². The van der Waals surface area contributed by atoms with E-state index in [4.69, 9.17) is 0 Å². The fraction of sp³-hybridized carbons (Fsp3) is 0.0345. The molecule has 4 aromatic carbocycles. The molecule has 4 aromatic rings. The maximum atomic E-state index is 13.2. The van der Waals surface area contributed by atoms with E-state index in [1.807, 2.05) is 91.2 Å². The summed E-state index contributed by atoms with van der Waals surface area (Å²) in [6.07, 6.45) is 3.66. The Morgan fingerprint density at radius 1 is 0.735 bits per heavy atom. The van der Waals surface area contributed by atoms with Crippen molar-refractivity contribution in [2.75, 3.05) is 11.6 Å². The molecule has 0 unspecified atom stereocenters. The van der Waals surface area contributed by atoms with Crippen molar-refractivity contribution in [3.63, 3.8) is 0 Å². The first kappa shape index (κ1) is 23.1. The van der Waals surface area contributed by atoms with Crippen molar-refractivity contribution < 1.29 is 9.59 Å². The predicted molar refractivity (Wildman–Crippen MR) is 141 cm³/mol. The topological polar surface area (TPSA) is 58.2 Å². The van der Waals surface area contributed by atoms with Gasteiger partial charge in [0, 0.05) is 16.1 Å². The molecule has 0 radical (unpaired) electrons. The minimum absolute atomic E-state index is 0.163. The molecular weight excluding hydrogens is 440 g/mol. The van der Waals surface area contributed by atoms with Crippen molar-refractivity contribution in [3.8, 4) is 11.1 Å². The largest absolute Gasteiger partial charge is 0.321 e. The van der Waals surface area contributed by atoms with Crippen molar-refractivity contribution in [1.82, 2.24) is 5.32 Å². The molecule has 2 N–H and O–H groups in total. The first-order valence-corrected chi connectivity index (χ1v) is 12.0. The second-order valence-electron chi connectivity index (χ2n) is 7.55. The third kappa shape index (κ3) is 6.03. The van der Waals surface area contributed by atoms with Crippen molar-refractivity contribution in [2.24, 2.45) is 0 Å². The number of rotatable bonds is 7. The Hall–Kier alpha value is -4.09. The molecule has 0 heterocycles. The van der Waals surface area contributed by atoms with Gasteiger partial charge in [-0.25, -0.2) is 0 Å². The summed E-state index contributed by atoms with van der Waals surface area (Å²) >= 11 is 1.59. The molecule has 4 nitrogen and oxygen atoms in total. The van der Waals surface area contributed by atoms with Crippen molar-refractivity contribution in [1.29, 1.82) is 0 Å². The van der Waals surface area contributed by atoms with Crippen molar-refractivity contribution >= 4 is 35.3 Å². The number of carbonyl (C=O) groups is 2. The third-order valence-corrected chi connectivity index (χ3v) is 5.91. The lowest BCUT2D eigenvalue weighted by Gasteiger charge is -2.12. The minimum atomic E-state index is -0.394. The number of anilines is 1. The Bertz CT molecular complexity index is 1300. The highest BCUT2D eigenvalue weighted by Crippen LogP contribution is 2.21. The minimum Gasteiger partial charge on any atom is -0.321 e. The smallest absolute Gasteiger partial charge is 0.272 e. The van der Waals surface area contributed by atoms with Crippen LogP contribution in [-0.2, 0) is 4.79 Å². The maximum Gasteiger partial charge on any atom is 0.272 e. The van der Waals surface area contributed by atoms with Crippen LogP contribution in [0.15, 0.2) is 120 Å². The summed E-state index contributed by atoms with van der Waals surface area (Å²) in [7, 11) is 0. The Morgan fingerprint density at radius 2 is 1.38 bits per heavy atom. The molecule has 0 saturated carbocycles. The highest BCUT2D eigenvalue weighted by atomic mass is 32.2. The summed E-state index contributed by atoms with van der Waals surface area (Å²) in [5.41, 5.74) is 4.29. The van der Waals surface area contributed by atoms with E-state index in [0.717, 1.165) is 21.6 Å². The zero-order valence-electron chi connectivity index (χ0n) is 18.7. The molecule has 0 bridgehead atoms. The molecule has 34 heavy (non-hydrogen) atoms. The van der Waals surface area contributed by atoms with Gasteiger partial charge < -0.3 is 10.6 Å². The molecule has 0 spiro atoms. The van der Waals surface area contributed by atoms with Gasteiger partial charge in [-0.1, -0.05) is 78.9 Å². The molecule has 0 aliphatic rings. The van der Waals surface area contributed by atoms with E-state index in [-0.39, 0.29) is 11.6 Å². The summed E-state index contributed by atoms with van der Waals surface area (Å²) in [4.78, 5) is 27.0. The number of amides is 2. The van der Waals surface area contributed by atoms with Crippen LogP contribution in [0, 0.1) is 0 Å². The van der Waals surface area contributed by atoms with Crippen LogP contribution in [-0.4, -0.2) is 18.1 Å². The lowest BCUT2D eigenvalue weighted by molar-refractivity contribution is -0.113. The third-order valence-electron chi connectivity index (χ3n) is 5.19. The predicted octanol–water partition coefficient (Wildman–Crippen LogP) is 6.49. The Morgan fingerprint density at radius 3 is 2.06 bits per heavy atom. The lowest BCUT2D eigenvalue weighted by Crippen LogP contribution is -2.30. The Kier molecular flexibility index (Phi) is 7.58. The summed E-state index contributed by atoms with van der Waals surface area (Å²) in [5, 5.41) is 5.68. The number of nitrogens with one attached hydrogen (secondary N) is 2. The van der Waals surface area contributed by atoms with Crippen LogP contribution in [0.4, 0.5) is 5.69 Å². The summed E-state index contributed by atoms with van der Waals surface area (Å²) in [6.45, 7) is 0. The Labute approximate surface area is 203 Å². The molecule has 0 aromatic heterocycles. The Balaban J connectivity index is 1.61. The highest BCUT2D eigenvalue weighted by molar-refractivity contribution is 7.98. The van der Waals surface area contributed by atoms with Crippen LogP contribution in [0.3, 0.4) is 0 Å². The average Bonchev–Trinajstić information content (AvgIpc) is 2.89. The SMILES string of the molecule is CSc1cccc(NC(=O)/C(=C\c2ccc(-c3ccccc3)cc2)NC(=O)c2ccccc2)c1. The first-order valence-electron chi connectivity index (χ1n) is 10.8. The van der Waals surface area contributed by atoms with Gasteiger partial charge in [0.15, 0.2) is 0 Å². The van der Waals surface area contributed by atoms with Crippen molar-refractivity contribution in [2.45, 2.75) is 4.90 Å². The molecule has 0 saturated heterocycles. The second-order valence-corrected chi connectivity index (χ2v) is 8.43.